The second-order valence-corrected chi connectivity index (χ2v) is 4.39. The van der Waals surface area contributed by atoms with Crippen molar-refractivity contribution in [1.82, 2.24) is 0 Å². The Balaban J connectivity index is 2.25. The van der Waals surface area contributed by atoms with E-state index in [1.165, 1.54) is 25.3 Å². The molecule has 0 bridgehead atoms. The van der Waals surface area contributed by atoms with Crippen LogP contribution in [0.3, 0.4) is 0 Å². The zero-order chi connectivity index (χ0) is 14.6. The quantitative estimate of drug-likeness (QED) is 0.777. The van der Waals surface area contributed by atoms with Crippen LogP contribution in [0.15, 0.2) is 54.6 Å². The maximum Gasteiger partial charge on any atom is 0.313 e. The van der Waals surface area contributed by atoms with Gasteiger partial charge in [0.2, 0.25) is 5.78 Å². The van der Waals surface area contributed by atoms with E-state index in [2.05, 4.69) is 0 Å². The largest absolute Gasteiger partial charge is 0.496 e. The molecule has 0 heterocycles. The van der Waals surface area contributed by atoms with Crippen LogP contribution in [0.2, 0.25) is 0 Å². The topological polar surface area (TPSA) is 26.3 Å². The Morgan fingerprint density at radius 2 is 1.65 bits per heavy atom. The van der Waals surface area contributed by atoms with Crippen LogP contribution in [0, 0.1) is 0 Å². The van der Waals surface area contributed by atoms with Crippen LogP contribution < -0.4 is 4.74 Å². The standard InChI is InChI=1S/C16H14F2O2/c1-20-14-10-6-5-9-13(14)11-16(17,18)15(19)12-7-3-2-4-8-12/h2-10H,11H2,1H3. The Kier molecular flexibility index (Phi) is 4.13. The van der Waals surface area contributed by atoms with E-state index >= 15 is 0 Å². The highest BCUT2D eigenvalue weighted by atomic mass is 19.3. The molecule has 0 atom stereocenters. The smallest absolute Gasteiger partial charge is 0.313 e. The first-order valence-corrected chi connectivity index (χ1v) is 6.14. The number of Topliss-reactive ketones (excluding diaryl/α,β-unsaturated/α-hetero) is 1. The Bertz CT molecular complexity index is 594. The Morgan fingerprint density at radius 3 is 2.30 bits per heavy atom. The van der Waals surface area contributed by atoms with Gasteiger partial charge < -0.3 is 4.74 Å². The molecule has 4 heteroatoms. The van der Waals surface area contributed by atoms with Gasteiger partial charge in [-0.1, -0.05) is 48.5 Å². The Labute approximate surface area is 116 Å². The minimum atomic E-state index is -3.46. The van der Waals surface area contributed by atoms with Crippen molar-refractivity contribution in [1.29, 1.82) is 0 Å². The Morgan fingerprint density at radius 1 is 1.05 bits per heavy atom. The lowest BCUT2D eigenvalue weighted by Crippen LogP contribution is -2.31. The molecule has 0 N–H and O–H groups in total. The maximum absolute atomic E-state index is 14.1. The van der Waals surface area contributed by atoms with E-state index in [-0.39, 0.29) is 5.56 Å². The van der Waals surface area contributed by atoms with Gasteiger partial charge >= 0.3 is 5.92 Å². The highest BCUT2D eigenvalue weighted by Gasteiger charge is 2.39. The summed E-state index contributed by atoms with van der Waals surface area (Å²) in [5.41, 5.74) is 0.316. The van der Waals surface area contributed by atoms with Gasteiger partial charge in [0.15, 0.2) is 0 Å². The van der Waals surface area contributed by atoms with E-state index in [1.54, 1.807) is 36.4 Å². The predicted octanol–water partition coefficient (Wildman–Crippen LogP) is 3.76. The number of ether oxygens (including phenoxy) is 1. The van der Waals surface area contributed by atoms with Crippen molar-refractivity contribution in [3.63, 3.8) is 0 Å². The van der Waals surface area contributed by atoms with E-state index < -0.39 is 18.1 Å². The summed E-state index contributed by atoms with van der Waals surface area (Å²) in [6.07, 6.45) is -0.676. The second kappa shape index (κ2) is 5.82. The number of halogens is 2. The number of carbonyl (C=O) groups excluding carboxylic acids is 1. The number of hydrogen-bond acceptors (Lipinski definition) is 2. The summed E-state index contributed by atoms with van der Waals surface area (Å²) in [5, 5.41) is 0. The average molecular weight is 276 g/mol. The molecule has 0 spiro atoms. The molecule has 0 saturated heterocycles. The number of ketones is 1. The third kappa shape index (κ3) is 3.02. The molecule has 20 heavy (non-hydrogen) atoms. The first-order valence-electron chi connectivity index (χ1n) is 6.14. The fourth-order valence-corrected chi connectivity index (χ4v) is 1.97. The number of hydrogen-bond donors (Lipinski definition) is 0. The maximum atomic E-state index is 14.1. The molecule has 2 nitrogen and oxygen atoms in total. The van der Waals surface area contributed by atoms with Crippen LogP contribution >= 0.6 is 0 Å². The summed E-state index contributed by atoms with van der Waals surface area (Å²) < 4.78 is 33.2. The van der Waals surface area contributed by atoms with Crippen molar-refractivity contribution in [2.24, 2.45) is 0 Å². The minimum absolute atomic E-state index is 0.00685. The molecule has 0 radical (unpaired) electrons. The minimum Gasteiger partial charge on any atom is -0.496 e. The summed E-state index contributed by atoms with van der Waals surface area (Å²) in [6, 6.07) is 14.0. The van der Waals surface area contributed by atoms with Crippen LogP contribution in [0.25, 0.3) is 0 Å². The molecule has 0 saturated carbocycles. The van der Waals surface area contributed by atoms with E-state index in [0.29, 0.717) is 11.3 Å². The van der Waals surface area contributed by atoms with Crippen molar-refractivity contribution >= 4 is 5.78 Å². The van der Waals surface area contributed by atoms with Gasteiger partial charge in [0, 0.05) is 17.5 Å². The van der Waals surface area contributed by atoms with Crippen molar-refractivity contribution in [3.05, 3.63) is 65.7 Å². The van der Waals surface area contributed by atoms with Crippen LogP contribution in [-0.2, 0) is 6.42 Å². The molecule has 0 unspecified atom stereocenters. The zero-order valence-electron chi connectivity index (χ0n) is 11.0. The van der Waals surface area contributed by atoms with Gasteiger partial charge in [0.1, 0.15) is 5.75 Å². The van der Waals surface area contributed by atoms with Gasteiger partial charge in [-0.05, 0) is 6.07 Å². The average Bonchev–Trinajstić information content (AvgIpc) is 2.47. The molecule has 2 aromatic rings. The summed E-state index contributed by atoms with van der Waals surface area (Å²) in [4.78, 5) is 11.9. The molecule has 0 fully saturated rings. The van der Waals surface area contributed by atoms with Gasteiger partial charge in [-0.2, -0.15) is 8.78 Å². The zero-order valence-corrected chi connectivity index (χ0v) is 11.0. The number of rotatable bonds is 5. The lowest BCUT2D eigenvalue weighted by Gasteiger charge is -2.16. The lowest BCUT2D eigenvalue weighted by atomic mass is 9.98. The number of methoxy groups -OCH3 is 1. The van der Waals surface area contributed by atoms with Gasteiger partial charge in [-0.15, -0.1) is 0 Å². The highest BCUT2D eigenvalue weighted by Crippen LogP contribution is 2.29. The number of carbonyl (C=O) groups is 1. The molecule has 0 aliphatic heterocycles. The molecule has 104 valence electrons. The summed E-state index contributed by atoms with van der Waals surface area (Å²) in [6.45, 7) is 0. The van der Waals surface area contributed by atoms with Crippen LogP contribution in [0.1, 0.15) is 15.9 Å². The van der Waals surface area contributed by atoms with E-state index in [9.17, 15) is 13.6 Å². The van der Waals surface area contributed by atoms with Gasteiger partial charge in [-0.3, -0.25) is 4.79 Å². The van der Waals surface area contributed by atoms with Crippen LogP contribution in [0.5, 0.6) is 5.75 Å². The van der Waals surface area contributed by atoms with E-state index in [1.807, 2.05) is 0 Å². The first-order chi connectivity index (χ1) is 9.54. The van der Waals surface area contributed by atoms with Crippen molar-refractivity contribution < 1.29 is 18.3 Å². The number of alkyl halides is 2. The van der Waals surface area contributed by atoms with E-state index in [4.69, 9.17) is 4.74 Å². The molecule has 2 aromatic carbocycles. The third-order valence-electron chi connectivity index (χ3n) is 2.97. The van der Waals surface area contributed by atoms with Gasteiger partial charge in [0.25, 0.3) is 0 Å². The third-order valence-corrected chi connectivity index (χ3v) is 2.97. The van der Waals surface area contributed by atoms with Crippen molar-refractivity contribution in [2.45, 2.75) is 12.3 Å². The molecule has 0 aliphatic rings. The Hall–Kier alpha value is -2.23. The summed E-state index contributed by atoms with van der Waals surface area (Å²) in [5.74, 6) is -4.28. The number of para-hydroxylation sites is 1. The van der Waals surface area contributed by atoms with E-state index in [0.717, 1.165) is 0 Å². The molecular formula is C16H14F2O2. The van der Waals surface area contributed by atoms with Gasteiger partial charge in [-0.25, -0.2) is 0 Å². The van der Waals surface area contributed by atoms with Crippen LogP contribution in [-0.4, -0.2) is 18.8 Å². The van der Waals surface area contributed by atoms with Crippen molar-refractivity contribution in [2.75, 3.05) is 7.11 Å². The van der Waals surface area contributed by atoms with Crippen molar-refractivity contribution in [3.8, 4) is 5.75 Å². The molecule has 0 aliphatic carbocycles. The second-order valence-electron chi connectivity index (χ2n) is 4.39. The normalized spacial score (nSPS) is 11.2. The molecule has 2 rings (SSSR count). The van der Waals surface area contributed by atoms with Crippen LogP contribution in [0.4, 0.5) is 8.78 Å². The SMILES string of the molecule is COc1ccccc1CC(F)(F)C(=O)c1ccccc1. The summed E-state index contributed by atoms with van der Waals surface area (Å²) >= 11 is 0. The fraction of sp³-hybridized carbons (Fsp3) is 0.188. The monoisotopic (exact) mass is 276 g/mol. The predicted molar refractivity (Wildman–Crippen MR) is 72.4 cm³/mol. The highest BCUT2D eigenvalue weighted by molar-refractivity contribution is 6.01. The lowest BCUT2D eigenvalue weighted by molar-refractivity contribution is 0.0103. The molecule has 0 amide bonds. The fourth-order valence-electron chi connectivity index (χ4n) is 1.97. The molecular weight excluding hydrogens is 262 g/mol. The number of benzene rings is 2. The summed E-state index contributed by atoms with van der Waals surface area (Å²) in [7, 11) is 1.41. The molecule has 0 aromatic heterocycles. The first kappa shape index (κ1) is 14.2. The van der Waals surface area contributed by atoms with Gasteiger partial charge in [0.05, 0.1) is 7.11 Å².